The number of methoxy groups -OCH3 is 1. The monoisotopic (exact) mass is 254 g/mol. The van der Waals surface area contributed by atoms with Crippen molar-refractivity contribution in [2.75, 3.05) is 7.11 Å². The molecule has 0 fully saturated rings. The number of benzene rings is 1. The van der Waals surface area contributed by atoms with Crippen molar-refractivity contribution < 1.29 is 14.6 Å². The van der Waals surface area contributed by atoms with E-state index in [4.69, 9.17) is 9.84 Å². The summed E-state index contributed by atoms with van der Waals surface area (Å²) in [5, 5.41) is 8.41. The van der Waals surface area contributed by atoms with Gasteiger partial charge in [-0.1, -0.05) is 19.9 Å². The van der Waals surface area contributed by atoms with Crippen LogP contribution in [0, 0.1) is 0 Å². The molecule has 0 aliphatic rings. The lowest BCUT2D eigenvalue weighted by Crippen LogP contribution is -2.11. The van der Waals surface area contributed by atoms with Gasteiger partial charge in [0.1, 0.15) is 11.0 Å². The highest BCUT2D eigenvalue weighted by Crippen LogP contribution is 2.34. The number of ether oxygens (including phenoxy) is 1. The lowest BCUT2D eigenvalue weighted by molar-refractivity contribution is -0.136. The molecule has 1 rings (SSSR count). The Bertz CT molecular complexity index is 402. The Hall–Kier alpha value is -1.16. The lowest BCUT2D eigenvalue weighted by Gasteiger charge is -2.13. The van der Waals surface area contributed by atoms with E-state index in [0.717, 1.165) is 10.6 Å². The van der Waals surface area contributed by atoms with Crippen molar-refractivity contribution in [1.29, 1.82) is 0 Å². The summed E-state index contributed by atoms with van der Waals surface area (Å²) < 4.78 is 5.30. The maximum atomic E-state index is 10.8. The van der Waals surface area contributed by atoms with E-state index in [9.17, 15) is 4.79 Å². The fraction of sp³-hybridized carbons (Fsp3) is 0.462. The first kappa shape index (κ1) is 13.9. The molecule has 0 aromatic heterocycles. The van der Waals surface area contributed by atoms with E-state index >= 15 is 0 Å². The predicted octanol–water partition coefficient (Wildman–Crippen LogP) is 3.38. The van der Waals surface area contributed by atoms with Gasteiger partial charge in [-0.25, -0.2) is 0 Å². The van der Waals surface area contributed by atoms with Gasteiger partial charge >= 0.3 is 5.97 Å². The van der Waals surface area contributed by atoms with Crippen molar-refractivity contribution >= 4 is 17.7 Å². The first-order chi connectivity index (χ1) is 7.95. The number of carboxylic acid groups (broad SMARTS) is 1. The molecule has 1 atom stereocenters. The quantitative estimate of drug-likeness (QED) is 0.818. The molecule has 4 heteroatoms. The van der Waals surface area contributed by atoms with Crippen molar-refractivity contribution in [3.05, 3.63) is 23.8 Å². The third-order valence-corrected chi connectivity index (χ3v) is 3.65. The Kier molecular flexibility index (Phi) is 4.87. The molecule has 0 saturated heterocycles. The average molecular weight is 254 g/mol. The Morgan fingerprint density at radius 1 is 1.35 bits per heavy atom. The standard InChI is InChI=1S/C13H18O3S/c1-8(2)10-5-6-12(11(7-10)16-4)17-9(3)13(14)15/h5-9H,1-4H3,(H,14,15). The van der Waals surface area contributed by atoms with Crippen molar-refractivity contribution in [1.82, 2.24) is 0 Å². The number of carbonyl (C=O) groups is 1. The summed E-state index contributed by atoms with van der Waals surface area (Å²) in [5.41, 5.74) is 1.19. The Morgan fingerprint density at radius 3 is 2.47 bits per heavy atom. The lowest BCUT2D eigenvalue weighted by atomic mass is 10.0. The van der Waals surface area contributed by atoms with Crippen LogP contribution < -0.4 is 4.74 Å². The van der Waals surface area contributed by atoms with Gasteiger partial charge in [0.25, 0.3) is 0 Å². The Morgan fingerprint density at radius 2 is 2.00 bits per heavy atom. The van der Waals surface area contributed by atoms with Gasteiger partial charge in [-0.15, -0.1) is 11.8 Å². The van der Waals surface area contributed by atoms with Crippen molar-refractivity contribution in [2.24, 2.45) is 0 Å². The normalized spacial score (nSPS) is 12.5. The number of rotatable bonds is 5. The second kappa shape index (κ2) is 5.96. The van der Waals surface area contributed by atoms with Crippen LogP contribution in [0.15, 0.2) is 23.1 Å². The summed E-state index contributed by atoms with van der Waals surface area (Å²) in [6, 6.07) is 5.92. The maximum Gasteiger partial charge on any atom is 0.316 e. The molecule has 17 heavy (non-hydrogen) atoms. The van der Waals surface area contributed by atoms with Crippen LogP contribution in [-0.2, 0) is 4.79 Å². The molecule has 0 aliphatic carbocycles. The van der Waals surface area contributed by atoms with Crippen molar-refractivity contribution in [3.8, 4) is 5.75 Å². The Balaban J connectivity index is 2.96. The van der Waals surface area contributed by atoms with Crippen LogP contribution in [0.4, 0.5) is 0 Å². The zero-order valence-corrected chi connectivity index (χ0v) is 11.4. The summed E-state index contributed by atoms with van der Waals surface area (Å²) in [6.45, 7) is 5.89. The first-order valence-corrected chi connectivity index (χ1v) is 6.41. The molecule has 94 valence electrons. The fourth-order valence-electron chi connectivity index (χ4n) is 1.38. The smallest absolute Gasteiger partial charge is 0.316 e. The molecule has 1 unspecified atom stereocenters. The average Bonchev–Trinajstić information content (AvgIpc) is 2.28. The molecule has 0 amide bonds. The minimum atomic E-state index is -0.815. The van der Waals surface area contributed by atoms with E-state index in [2.05, 4.69) is 13.8 Å². The minimum Gasteiger partial charge on any atom is -0.496 e. The topological polar surface area (TPSA) is 46.5 Å². The second-order valence-electron chi connectivity index (χ2n) is 4.16. The molecular formula is C13H18O3S. The summed E-state index contributed by atoms with van der Waals surface area (Å²) in [5.74, 6) is 0.360. The van der Waals surface area contributed by atoms with Crippen LogP contribution in [-0.4, -0.2) is 23.4 Å². The summed E-state index contributed by atoms with van der Waals surface area (Å²) in [7, 11) is 1.61. The van der Waals surface area contributed by atoms with Crippen LogP contribution in [0.2, 0.25) is 0 Å². The van der Waals surface area contributed by atoms with Gasteiger partial charge < -0.3 is 9.84 Å². The van der Waals surface area contributed by atoms with Gasteiger partial charge in [0.2, 0.25) is 0 Å². The third-order valence-electron chi connectivity index (χ3n) is 2.51. The molecule has 1 N–H and O–H groups in total. The van der Waals surface area contributed by atoms with Crippen molar-refractivity contribution in [3.63, 3.8) is 0 Å². The summed E-state index contributed by atoms with van der Waals surface area (Å²) >= 11 is 1.30. The first-order valence-electron chi connectivity index (χ1n) is 5.53. The highest BCUT2D eigenvalue weighted by Gasteiger charge is 2.15. The van der Waals surface area contributed by atoms with Gasteiger partial charge in [0, 0.05) is 0 Å². The molecule has 0 spiro atoms. The van der Waals surface area contributed by atoms with Gasteiger partial charge in [-0.2, -0.15) is 0 Å². The molecule has 1 aromatic carbocycles. The highest BCUT2D eigenvalue weighted by atomic mass is 32.2. The van der Waals surface area contributed by atoms with Crippen LogP contribution in [0.25, 0.3) is 0 Å². The zero-order chi connectivity index (χ0) is 13.0. The van der Waals surface area contributed by atoms with Gasteiger partial charge in [0.05, 0.1) is 12.0 Å². The van der Waals surface area contributed by atoms with Crippen LogP contribution in [0.1, 0.15) is 32.3 Å². The van der Waals surface area contributed by atoms with E-state index in [1.54, 1.807) is 14.0 Å². The summed E-state index contributed by atoms with van der Waals surface area (Å²) in [6.07, 6.45) is 0. The number of carboxylic acids is 1. The highest BCUT2D eigenvalue weighted by molar-refractivity contribution is 8.00. The second-order valence-corrected chi connectivity index (χ2v) is 5.55. The van der Waals surface area contributed by atoms with E-state index in [0.29, 0.717) is 5.92 Å². The van der Waals surface area contributed by atoms with Crippen LogP contribution in [0.3, 0.4) is 0 Å². The predicted molar refractivity (Wildman–Crippen MR) is 70.0 cm³/mol. The van der Waals surface area contributed by atoms with Gasteiger partial charge in [-0.3, -0.25) is 4.79 Å². The Labute approximate surface area is 106 Å². The van der Waals surface area contributed by atoms with Gasteiger partial charge in [0.15, 0.2) is 0 Å². The molecule has 0 radical (unpaired) electrons. The molecular weight excluding hydrogens is 236 g/mol. The van der Waals surface area contributed by atoms with E-state index in [1.165, 1.54) is 17.3 Å². The van der Waals surface area contributed by atoms with Crippen LogP contribution in [0.5, 0.6) is 5.75 Å². The van der Waals surface area contributed by atoms with Gasteiger partial charge in [-0.05, 0) is 30.5 Å². The molecule has 0 heterocycles. The zero-order valence-electron chi connectivity index (χ0n) is 10.6. The number of thioether (sulfide) groups is 1. The number of hydrogen-bond donors (Lipinski definition) is 1. The number of hydrogen-bond acceptors (Lipinski definition) is 3. The molecule has 0 saturated carbocycles. The third kappa shape index (κ3) is 3.66. The molecule has 0 bridgehead atoms. The van der Waals surface area contributed by atoms with Crippen molar-refractivity contribution in [2.45, 2.75) is 36.8 Å². The minimum absolute atomic E-state index is 0.430. The van der Waals surface area contributed by atoms with Crippen LogP contribution >= 0.6 is 11.8 Å². The molecule has 0 aliphatic heterocycles. The number of aliphatic carboxylic acids is 1. The molecule has 3 nitrogen and oxygen atoms in total. The summed E-state index contributed by atoms with van der Waals surface area (Å²) in [4.78, 5) is 11.7. The van der Waals surface area contributed by atoms with E-state index in [1.807, 2.05) is 18.2 Å². The SMILES string of the molecule is COc1cc(C(C)C)ccc1SC(C)C(=O)O. The van der Waals surface area contributed by atoms with E-state index in [-0.39, 0.29) is 0 Å². The largest absolute Gasteiger partial charge is 0.496 e. The van der Waals surface area contributed by atoms with E-state index < -0.39 is 11.2 Å². The fourth-order valence-corrected chi connectivity index (χ4v) is 2.27. The molecule has 1 aromatic rings. The maximum absolute atomic E-state index is 10.8.